The molecule has 3 aliphatic carbocycles. The van der Waals surface area contributed by atoms with E-state index in [4.69, 9.17) is 0 Å². The number of hydrogen-bond acceptors (Lipinski definition) is 3. The molecule has 2 saturated carbocycles. The van der Waals surface area contributed by atoms with Crippen molar-refractivity contribution < 1.29 is 14.7 Å². The Morgan fingerprint density at radius 2 is 1.46 bits per heavy atom. The molecule has 0 heterocycles. The summed E-state index contributed by atoms with van der Waals surface area (Å²) < 4.78 is 0. The molecule has 5 rings (SSSR count). The quantitative estimate of drug-likeness (QED) is 0.878. The third-order valence-electron chi connectivity index (χ3n) is 6.93. The summed E-state index contributed by atoms with van der Waals surface area (Å²) in [5.74, 6) is -0.680. The number of aliphatic hydroxyl groups is 1. The van der Waals surface area contributed by atoms with Crippen LogP contribution in [0.4, 0.5) is 0 Å². The van der Waals surface area contributed by atoms with Gasteiger partial charge < -0.3 is 5.11 Å². The van der Waals surface area contributed by atoms with Crippen molar-refractivity contribution in [3.05, 3.63) is 71.3 Å². The first-order chi connectivity index (χ1) is 11.4. The molecule has 3 nitrogen and oxygen atoms in total. The van der Waals surface area contributed by atoms with Gasteiger partial charge in [0.2, 0.25) is 0 Å². The molecule has 0 amide bonds. The van der Waals surface area contributed by atoms with Crippen molar-refractivity contribution in [3.63, 3.8) is 0 Å². The number of carbonyl (C=O) groups excluding carboxylic acids is 2. The van der Waals surface area contributed by atoms with Crippen LogP contribution in [-0.4, -0.2) is 22.8 Å². The summed E-state index contributed by atoms with van der Waals surface area (Å²) in [5.41, 5.74) is 0.257. The highest BCUT2D eigenvalue weighted by Crippen LogP contribution is 2.80. The van der Waals surface area contributed by atoms with Crippen LogP contribution in [-0.2, 0) is 20.4 Å². The molecule has 2 aromatic rings. The van der Waals surface area contributed by atoms with Crippen LogP contribution in [0, 0.1) is 11.3 Å². The number of hydrogen-bond donors (Lipinski definition) is 1. The topological polar surface area (TPSA) is 54.4 Å². The summed E-state index contributed by atoms with van der Waals surface area (Å²) >= 11 is 0. The van der Waals surface area contributed by atoms with Gasteiger partial charge in [-0.05, 0) is 23.6 Å². The summed E-state index contributed by atoms with van der Waals surface area (Å²) in [5, 5.41) is 10.7. The second-order valence-corrected chi connectivity index (χ2v) is 7.69. The van der Waals surface area contributed by atoms with Crippen molar-refractivity contribution in [1.82, 2.24) is 0 Å². The molecule has 3 aliphatic rings. The SMILES string of the molecule is CC12C(=O)[C@]3(C)C(C(=O)[C@@H]1O)[C@]3(c1ccccc1)c1ccccc12. The average molecular weight is 318 g/mol. The first-order valence-electron chi connectivity index (χ1n) is 8.35. The van der Waals surface area contributed by atoms with E-state index in [1.807, 2.05) is 61.5 Å². The molecule has 1 N–H and O–H groups in total. The maximum Gasteiger partial charge on any atom is 0.168 e. The molecule has 0 radical (unpaired) electrons. The zero-order chi connectivity index (χ0) is 16.9. The molecule has 120 valence electrons. The smallest absolute Gasteiger partial charge is 0.168 e. The number of carbonyl (C=O) groups is 2. The van der Waals surface area contributed by atoms with Crippen molar-refractivity contribution in [2.45, 2.75) is 30.8 Å². The van der Waals surface area contributed by atoms with Crippen LogP contribution >= 0.6 is 0 Å². The number of ketones is 2. The maximum absolute atomic E-state index is 13.5. The molecule has 3 heteroatoms. The molecule has 2 fully saturated rings. The normalized spacial score (nSPS) is 41.8. The molecule has 5 atom stereocenters. The lowest BCUT2D eigenvalue weighted by atomic mass is 9.58. The van der Waals surface area contributed by atoms with Gasteiger partial charge in [0.05, 0.1) is 10.8 Å². The van der Waals surface area contributed by atoms with Gasteiger partial charge >= 0.3 is 0 Å². The maximum atomic E-state index is 13.5. The first-order valence-corrected chi connectivity index (χ1v) is 8.35. The zero-order valence-electron chi connectivity index (χ0n) is 13.6. The Balaban J connectivity index is 1.96. The lowest BCUT2D eigenvalue weighted by Gasteiger charge is -2.43. The molecule has 2 unspecified atom stereocenters. The highest BCUT2D eigenvalue weighted by atomic mass is 16.3. The van der Waals surface area contributed by atoms with Gasteiger partial charge in [-0.3, -0.25) is 9.59 Å². The van der Waals surface area contributed by atoms with Crippen LogP contribution < -0.4 is 0 Å². The Labute approximate surface area is 140 Å². The van der Waals surface area contributed by atoms with Gasteiger partial charge in [0, 0.05) is 11.3 Å². The minimum atomic E-state index is -1.27. The third-order valence-corrected chi connectivity index (χ3v) is 6.93. The van der Waals surface area contributed by atoms with Gasteiger partial charge in [-0.1, -0.05) is 61.5 Å². The zero-order valence-corrected chi connectivity index (χ0v) is 13.6. The molecular weight excluding hydrogens is 300 g/mol. The number of fused-ring (bicyclic) bond motifs is 5. The fraction of sp³-hybridized carbons (Fsp3) is 0.333. The molecule has 2 bridgehead atoms. The van der Waals surface area contributed by atoms with E-state index in [9.17, 15) is 14.7 Å². The van der Waals surface area contributed by atoms with E-state index in [0.29, 0.717) is 0 Å². The second-order valence-electron chi connectivity index (χ2n) is 7.69. The van der Waals surface area contributed by atoms with Crippen LogP contribution in [0.5, 0.6) is 0 Å². The van der Waals surface area contributed by atoms with Gasteiger partial charge in [-0.2, -0.15) is 0 Å². The lowest BCUT2D eigenvalue weighted by Crippen LogP contribution is -2.57. The van der Waals surface area contributed by atoms with E-state index < -0.39 is 28.3 Å². The fourth-order valence-electron chi connectivity index (χ4n) is 5.84. The largest absolute Gasteiger partial charge is 0.384 e. The number of aliphatic hydroxyl groups excluding tert-OH is 1. The standard InChI is InChI=1S/C21H18O3/c1-19-13-10-6-7-11-14(13)21(12-8-4-3-5-9-12)16(15(22)17(19)23)20(21,2)18(19)24/h3-11,16-17,23H,1-2H3/t16?,17-,19?,20-,21-/m0/s1. The van der Waals surface area contributed by atoms with Crippen molar-refractivity contribution in [2.24, 2.45) is 11.3 Å². The predicted octanol–water partition coefficient (Wildman–Crippen LogP) is 2.39. The van der Waals surface area contributed by atoms with Crippen LogP contribution in [0.25, 0.3) is 0 Å². The molecule has 2 aromatic carbocycles. The van der Waals surface area contributed by atoms with E-state index in [1.54, 1.807) is 6.92 Å². The van der Waals surface area contributed by atoms with Gasteiger partial charge in [0.1, 0.15) is 6.10 Å². The predicted molar refractivity (Wildman–Crippen MR) is 88.6 cm³/mol. The fourth-order valence-corrected chi connectivity index (χ4v) is 5.84. The Kier molecular flexibility index (Phi) is 2.27. The molecular formula is C21H18O3. The highest BCUT2D eigenvalue weighted by molar-refractivity contribution is 6.17. The first kappa shape index (κ1) is 14.1. The van der Waals surface area contributed by atoms with Gasteiger partial charge in [-0.15, -0.1) is 0 Å². The van der Waals surface area contributed by atoms with Gasteiger partial charge in [0.15, 0.2) is 11.6 Å². The number of Topliss-reactive ketones (excluding diaryl/α,β-unsaturated/α-hetero) is 2. The summed E-state index contributed by atoms with van der Waals surface area (Å²) in [6.07, 6.45) is -1.27. The Hall–Kier alpha value is -2.26. The summed E-state index contributed by atoms with van der Waals surface area (Å²) in [4.78, 5) is 26.5. The van der Waals surface area contributed by atoms with E-state index in [0.717, 1.165) is 16.7 Å². The van der Waals surface area contributed by atoms with Crippen LogP contribution in [0.3, 0.4) is 0 Å². The summed E-state index contributed by atoms with van der Waals surface area (Å²) in [6, 6.07) is 17.6. The van der Waals surface area contributed by atoms with Crippen LogP contribution in [0.1, 0.15) is 30.5 Å². The Morgan fingerprint density at radius 3 is 2.12 bits per heavy atom. The molecule has 24 heavy (non-hydrogen) atoms. The molecule has 0 saturated heterocycles. The number of benzene rings is 2. The summed E-state index contributed by atoms with van der Waals surface area (Å²) in [7, 11) is 0. The van der Waals surface area contributed by atoms with Crippen molar-refractivity contribution in [2.75, 3.05) is 0 Å². The minimum Gasteiger partial charge on any atom is -0.384 e. The Morgan fingerprint density at radius 1 is 0.875 bits per heavy atom. The Bertz CT molecular complexity index is 918. The molecule has 0 aromatic heterocycles. The monoisotopic (exact) mass is 318 g/mol. The molecule has 0 spiro atoms. The average Bonchev–Trinajstić information content (AvgIpc) is 3.23. The van der Waals surface area contributed by atoms with E-state index in [1.165, 1.54) is 0 Å². The van der Waals surface area contributed by atoms with E-state index in [-0.39, 0.29) is 11.6 Å². The second kappa shape index (κ2) is 3.86. The van der Waals surface area contributed by atoms with E-state index in [2.05, 4.69) is 0 Å². The summed E-state index contributed by atoms with van der Waals surface area (Å²) in [6.45, 7) is 3.64. The lowest BCUT2D eigenvalue weighted by molar-refractivity contribution is -0.149. The van der Waals surface area contributed by atoms with Crippen molar-refractivity contribution in [1.29, 1.82) is 0 Å². The number of rotatable bonds is 1. The van der Waals surface area contributed by atoms with Crippen LogP contribution in [0.15, 0.2) is 54.6 Å². The third kappa shape index (κ3) is 1.09. The van der Waals surface area contributed by atoms with Crippen molar-refractivity contribution in [3.8, 4) is 0 Å². The van der Waals surface area contributed by atoms with Gasteiger partial charge in [0.25, 0.3) is 0 Å². The molecule has 0 aliphatic heterocycles. The van der Waals surface area contributed by atoms with Gasteiger partial charge in [-0.25, -0.2) is 0 Å². The van der Waals surface area contributed by atoms with Crippen LogP contribution in [0.2, 0.25) is 0 Å². The van der Waals surface area contributed by atoms with E-state index >= 15 is 0 Å². The van der Waals surface area contributed by atoms with Crippen molar-refractivity contribution >= 4 is 11.6 Å². The highest BCUT2D eigenvalue weighted by Gasteiger charge is 2.89. The minimum absolute atomic E-state index is 0.00495.